The lowest BCUT2D eigenvalue weighted by molar-refractivity contribution is -0.143. The zero-order valence-corrected chi connectivity index (χ0v) is 21.2. The highest BCUT2D eigenvalue weighted by Gasteiger charge is 2.36. The Morgan fingerprint density at radius 3 is 2.34 bits per heavy atom. The number of rotatable bonds is 5. The van der Waals surface area contributed by atoms with Gasteiger partial charge in [-0.3, -0.25) is 24.5 Å². The van der Waals surface area contributed by atoms with E-state index < -0.39 is 23.7 Å². The summed E-state index contributed by atoms with van der Waals surface area (Å²) in [6.45, 7) is 0. The molecule has 1 aliphatic heterocycles. The summed E-state index contributed by atoms with van der Waals surface area (Å²) in [7, 11) is 1.21. The Morgan fingerprint density at radius 2 is 1.68 bits per heavy atom. The lowest BCUT2D eigenvalue weighted by Gasteiger charge is -2.28. The fourth-order valence-electron chi connectivity index (χ4n) is 3.74. The number of halogens is 3. The molecule has 0 saturated carbocycles. The molecule has 2 amide bonds. The van der Waals surface area contributed by atoms with E-state index in [1.54, 1.807) is 36.4 Å². The lowest BCUT2D eigenvalue weighted by Crippen LogP contribution is -2.54. The largest absolute Gasteiger partial charge is 0.457 e. The van der Waals surface area contributed by atoms with E-state index in [9.17, 15) is 22.8 Å². The van der Waals surface area contributed by atoms with Gasteiger partial charge in [-0.1, -0.05) is 18.2 Å². The van der Waals surface area contributed by atoms with Gasteiger partial charge in [0.2, 0.25) is 0 Å². The van der Waals surface area contributed by atoms with Gasteiger partial charge in [-0.05, 0) is 72.9 Å². The average molecular weight is 555 g/mol. The van der Waals surface area contributed by atoms with Crippen molar-refractivity contribution in [3.63, 3.8) is 0 Å². The second-order valence-electron chi connectivity index (χ2n) is 8.11. The molecule has 12 heteroatoms. The van der Waals surface area contributed by atoms with Gasteiger partial charge in [-0.2, -0.15) is 18.3 Å². The summed E-state index contributed by atoms with van der Waals surface area (Å²) in [5.41, 5.74) is -0.499. The molecule has 1 saturated heterocycles. The maximum atomic E-state index is 13.3. The predicted octanol–water partition coefficient (Wildman–Crippen LogP) is 5.79. The molecule has 4 aromatic rings. The van der Waals surface area contributed by atoms with Crippen molar-refractivity contribution in [1.29, 1.82) is 0 Å². The number of nitrogens with one attached hydrogen (secondary N) is 1. The van der Waals surface area contributed by atoms with Gasteiger partial charge < -0.3 is 4.74 Å². The van der Waals surface area contributed by atoms with E-state index in [-0.39, 0.29) is 16.4 Å². The van der Waals surface area contributed by atoms with Crippen LogP contribution in [0.1, 0.15) is 10.6 Å². The van der Waals surface area contributed by atoms with Crippen LogP contribution in [-0.2, 0) is 22.8 Å². The molecule has 1 fully saturated rings. The van der Waals surface area contributed by atoms with Gasteiger partial charge in [0.1, 0.15) is 28.5 Å². The number of carbonyl (C=O) groups excluding carboxylic acids is 2. The molecule has 1 aliphatic rings. The summed E-state index contributed by atoms with van der Waals surface area (Å²) in [5, 5.41) is 6.37. The van der Waals surface area contributed by atoms with E-state index in [0.717, 1.165) is 22.1 Å². The van der Waals surface area contributed by atoms with Crippen molar-refractivity contribution in [1.82, 2.24) is 15.1 Å². The Balaban J connectivity index is 1.38. The molecule has 1 N–H and O–H groups in total. The molecule has 38 heavy (non-hydrogen) atoms. The third-order valence-corrected chi connectivity index (χ3v) is 6.85. The predicted molar refractivity (Wildman–Crippen MR) is 141 cm³/mol. The van der Waals surface area contributed by atoms with Gasteiger partial charge >= 0.3 is 6.18 Å². The molecule has 0 radical (unpaired) electrons. The van der Waals surface area contributed by atoms with Crippen LogP contribution in [-0.4, -0.2) is 26.7 Å². The maximum Gasteiger partial charge on any atom is 0.433 e. The number of ether oxygens (including phenoxy) is 1. The number of hydrogen-bond donors (Lipinski definition) is 1. The second kappa shape index (κ2) is 9.88. The number of aryl methyl sites for hydroxylation is 1. The Kier molecular flexibility index (Phi) is 6.59. The minimum Gasteiger partial charge on any atom is -0.457 e. The molecule has 2 aromatic carbocycles. The minimum atomic E-state index is -4.54. The highest BCUT2D eigenvalue weighted by molar-refractivity contribution is 7.80. The fraction of sp³-hybridized carbons (Fsp3) is 0.0769. The topological polar surface area (TPSA) is 76.5 Å². The Labute approximate surface area is 223 Å². The molecule has 2 aromatic heterocycles. The summed E-state index contributed by atoms with van der Waals surface area (Å²) in [6, 6.07) is 19.9. The van der Waals surface area contributed by atoms with E-state index in [0.29, 0.717) is 26.9 Å². The van der Waals surface area contributed by atoms with Crippen molar-refractivity contribution >= 4 is 52.2 Å². The van der Waals surface area contributed by atoms with Crippen LogP contribution in [0, 0.1) is 0 Å². The Morgan fingerprint density at radius 1 is 1.00 bits per heavy atom. The Bertz CT molecular complexity index is 1580. The van der Waals surface area contributed by atoms with Crippen LogP contribution in [0.15, 0.2) is 78.4 Å². The molecular formula is C26H17F3N4O3S2. The number of nitrogens with zero attached hydrogens (tertiary/aromatic N) is 3. The van der Waals surface area contributed by atoms with Crippen LogP contribution in [0.5, 0.6) is 11.5 Å². The first-order valence-corrected chi connectivity index (χ1v) is 12.3. The molecule has 3 heterocycles. The molecule has 0 bridgehead atoms. The van der Waals surface area contributed by atoms with Crippen molar-refractivity contribution in [2.24, 2.45) is 7.05 Å². The van der Waals surface area contributed by atoms with E-state index >= 15 is 0 Å². The van der Waals surface area contributed by atoms with Crippen molar-refractivity contribution < 1.29 is 27.5 Å². The van der Waals surface area contributed by atoms with Crippen LogP contribution in [0.4, 0.5) is 18.9 Å². The Hall–Kier alpha value is -4.29. The molecular weight excluding hydrogens is 537 g/mol. The number of thiophene rings is 1. The van der Waals surface area contributed by atoms with Gasteiger partial charge in [-0.25, -0.2) is 0 Å². The smallest absolute Gasteiger partial charge is 0.433 e. The van der Waals surface area contributed by atoms with Crippen molar-refractivity contribution in [2.75, 3.05) is 4.90 Å². The molecule has 5 rings (SSSR count). The van der Waals surface area contributed by atoms with Crippen LogP contribution in [0.25, 0.3) is 16.6 Å². The van der Waals surface area contributed by atoms with Gasteiger partial charge in [0.25, 0.3) is 11.8 Å². The van der Waals surface area contributed by atoms with Gasteiger partial charge in [0.05, 0.1) is 10.6 Å². The second-order valence-corrected chi connectivity index (χ2v) is 9.61. The minimum absolute atomic E-state index is 0.0751. The lowest BCUT2D eigenvalue weighted by atomic mass is 10.1. The first kappa shape index (κ1) is 25.4. The molecule has 192 valence electrons. The van der Waals surface area contributed by atoms with E-state index in [1.807, 2.05) is 30.3 Å². The molecule has 0 unspecified atom stereocenters. The third kappa shape index (κ3) is 5.08. The van der Waals surface area contributed by atoms with E-state index in [4.69, 9.17) is 17.0 Å². The number of carbonyl (C=O) groups is 2. The highest BCUT2D eigenvalue weighted by Crippen LogP contribution is 2.35. The van der Waals surface area contributed by atoms with Crippen LogP contribution < -0.4 is 15.0 Å². The third-order valence-electron chi connectivity index (χ3n) is 5.51. The molecule has 7 nitrogen and oxygen atoms in total. The summed E-state index contributed by atoms with van der Waals surface area (Å²) in [6.07, 6.45) is -3.16. The molecule has 0 spiro atoms. The highest BCUT2D eigenvalue weighted by atomic mass is 32.1. The summed E-state index contributed by atoms with van der Waals surface area (Å²) in [5.74, 6) is -0.113. The summed E-state index contributed by atoms with van der Waals surface area (Å²) < 4.78 is 45.9. The van der Waals surface area contributed by atoms with Gasteiger partial charge in [0, 0.05) is 11.9 Å². The van der Waals surface area contributed by atoms with Crippen LogP contribution in [0.2, 0.25) is 0 Å². The van der Waals surface area contributed by atoms with Gasteiger partial charge in [0.15, 0.2) is 5.11 Å². The first-order valence-electron chi connectivity index (χ1n) is 11.1. The fourth-order valence-corrected chi connectivity index (χ4v) is 4.93. The number of hydrogen-bond acceptors (Lipinski definition) is 6. The first-order chi connectivity index (χ1) is 18.1. The monoisotopic (exact) mass is 554 g/mol. The summed E-state index contributed by atoms with van der Waals surface area (Å²) >= 11 is 6.34. The normalized spacial score (nSPS) is 15.2. The van der Waals surface area contributed by atoms with Crippen LogP contribution in [0.3, 0.4) is 0 Å². The van der Waals surface area contributed by atoms with Crippen molar-refractivity contribution in [3.8, 4) is 22.1 Å². The number of para-hydroxylation sites is 1. The molecule has 0 atom stereocenters. The average Bonchev–Trinajstić information content (AvgIpc) is 3.50. The van der Waals surface area contributed by atoms with E-state index in [1.165, 1.54) is 18.0 Å². The van der Waals surface area contributed by atoms with Gasteiger partial charge in [-0.15, -0.1) is 11.3 Å². The zero-order valence-electron chi connectivity index (χ0n) is 19.5. The standard InChI is InChI=1S/C26H17F3N4O3S2/c1-32-22(26(27,28)29)14-20(31-32)21-12-11-18(38-21)13-19-23(34)30-25(37)33(24(19)35)15-7-9-17(10-8-15)36-16-5-3-2-4-6-16/h2-14H,1H3,(H,30,34,37)/b19-13+. The number of thiocarbonyl (C=S) groups is 1. The number of anilines is 1. The number of aromatic nitrogens is 2. The van der Waals surface area contributed by atoms with E-state index in [2.05, 4.69) is 10.4 Å². The number of benzene rings is 2. The zero-order chi connectivity index (χ0) is 27.0. The molecule has 0 aliphatic carbocycles. The van der Waals surface area contributed by atoms with Crippen molar-refractivity contribution in [3.05, 3.63) is 88.9 Å². The number of alkyl halides is 3. The van der Waals surface area contributed by atoms with Crippen LogP contribution >= 0.6 is 23.6 Å². The van der Waals surface area contributed by atoms with Crippen molar-refractivity contribution in [2.45, 2.75) is 6.18 Å². The maximum absolute atomic E-state index is 13.3. The SMILES string of the molecule is Cn1nc(-c2ccc(/C=C3\C(=O)NC(=S)N(c4ccc(Oc5ccccc5)cc4)C3=O)s2)cc1C(F)(F)F. The number of amides is 2. The summed E-state index contributed by atoms with van der Waals surface area (Å²) in [4.78, 5) is 28.1. The quantitative estimate of drug-likeness (QED) is 0.192.